The Morgan fingerprint density at radius 3 is 2.32 bits per heavy atom. The lowest BCUT2D eigenvalue weighted by Gasteiger charge is -2.18. The van der Waals surface area contributed by atoms with Gasteiger partial charge in [-0.1, -0.05) is 54.1 Å². The summed E-state index contributed by atoms with van der Waals surface area (Å²) in [6.45, 7) is 2.08. The Morgan fingerprint density at radius 1 is 1.09 bits per heavy atom. The quantitative estimate of drug-likeness (QED) is 0.437. The molecule has 0 heterocycles. The van der Waals surface area contributed by atoms with Crippen molar-refractivity contribution in [3.05, 3.63) is 70.8 Å². The molecule has 2 atom stereocenters. The van der Waals surface area contributed by atoms with Crippen molar-refractivity contribution in [1.82, 2.24) is 10.2 Å². The largest absolute Gasteiger partial charge is 0.475 e. The minimum atomic E-state index is -1.72. The van der Waals surface area contributed by atoms with Gasteiger partial charge < -0.3 is 25.0 Å². The summed E-state index contributed by atoms with van der Waals surface area (Å²) in [5, 5.41) is 31.0. The third-order valence-electron chi connectivity index (χ3n) is 5.47. The predicted molar refractivity (Wildman–Crippen MR) is 130 cm³/mol. The van der Waals surface area contributed by atoms with Crippen LogP contribution in [0.15, 0.2) is 48.5 Å². The maximum absolute atomic E-state index is 12.2. The first-order valence-electron chi connectivity index (χ1n) is 11.2. The van der Waals surface area contributed by atoms with Crippen LogP contribution in [-0.4, -0.2) is 60.7 Å². The van der Waals surface area contributed by atoms with E-state index in [9.17, 15) is 24.9 Å². The molecule has 1 unspecified atom stereocenters. The number of rotatable bonds is 11. The number of benzene rings is 2. The second-order valence-corrected chi connectivity index (χ2v) is 8.51. The minimum Gasteiger partial charge on any atom is -0.449 e. The lowest BCUT2D eigenvalue weighted by atomic mass is 9.76. The molecule has 2 rings (SSSR count). The van der Waals surface area contributed by atoms with Gasteiger partial charge >= 0.3 is 13.2 Å². The number of carbonyl (C=O) groups is 2. The number of hydrogen-bond acceptors (Lipinski definition) is 6. The maximum Gasteiger partial charge on any atom is 0.475 e. The molecule has 0 aliphatic heterocycles. The Labute approximate surface area is 201 Å². The summed E-state index contributed by atoms with van der Waals surface area (Å²) in [7, 11) is 1.55. The summed E-state index contributed by atoms with van der Waals surface area (Å²) in [6, 6.07) is 17.4. The highest BCUT2D eigenvalue weighted by atomic mass is 16.5. The number of ether oxygens (including phenoxy) is 1. The molecule has 2 amide bonds. The Morgan fingerprint density at radius 2 is 1.74 bits per heavy atom. The minimum absolute atomic E-state index is 0.119. The molecular weight excluding hydrogens is 433 g/mol. The third-order valence-corrected chi connectivity index (χ3v) is 5.47. The molecule has 0 saturated carbocycles. The first-order valence-corrected chi connectivity index (χ1v) is 11.2. The molecule has 2 aromatic rings. The Balaban J connectivity index is 1.82. The van der Waals surface area contributed by atoms with Crippen molar-refractivity contribution in [2.45, 2.75) is 38.5 Å². The third kappa shape index (κ3) is 8.89. The Bertz CT molecular complexity index is 989. The van der Waals surface area contributed by atoms with Crippen molar-refractivity contribution in [1.29, 1.82) is 5.26 Å². The van der Waals surface area contributed by atoms with Crippen molar-refractivity contribution in [2.75, 3.05) is 20.7 Å². The monoisotopic (exact) mass is 465 g/mol. The standard InChI is InChI=1S/C25H32BN3O5/c1-18-7-9-21(10-8-18)16-23(26(32)33)28-25(31)34-14-13-20-6-4-5-19(15-20)11-12-22(17-27)24(30)29(2)3/h4-10,15,22-23,32-33H,11-14,16H2,1-3H3,(H,28,31)/t22?,23-/m0/s1. The highest BCUT2D eigenvalue weighted by Gasteiger charge is 2.26. The molecule has 3 N–H and O–H groups in total. The second kappa shape index (κ2) is 13.4. The van der Waals surface area contributed by atoms with Crippen molar-refractivity contribution in [3.63, 3.8) is 0 Å². The predicted octanol–water partition coefficient (Wildman–Crippen LogP) is 2.05. The van der Waals surface area contributed by atoms with Crippen molar-refractivity contribution in [3.8, 4) is 6.07 Å². The zero-order chi connectivity index (χ0) is 25.1. The molecule has 0 radical (unpaired) electrons. The first kappa shape index (κ1) is 26.9. The number of aryl methyl sites for hydroxylation is 2. The normalized spacial score (nSPS) is 12.2. The van der Waals surface area contributed by atoms with Crippen LogP contribution >= 0.6 is 0 Å². The number of nitrogens with zero attached hydrogens (tertiary/aromatic N) is 2. The highest BCUT2D eigenvalue weighted by Crippen LogP contribution is 2.14. The van der Waals surface area contributed by atoms with Crippen LogP contribution in [-0.2, 0) is 28.8 Å². The molecule has 0 aliphatic rings. The number of nitriles is 1. The van der Waals surface area contributed by atoms with Crippen LogP contribution in [0.4, 0.5) is 4.79 Å². The summed E-state index contributed by atoms with van der Waals surface area (Å²) in [5.74, 6) is -1.77. The van der Waals surface area contributed by atoms with E-state index in [-0.39, 0.29) is 18.9 Å². The van der Waals surface area contributed by atoms with E-state index in [0.717, 1.165) is 22.3 Å². The molecule has 0 aliphatic carbocycles. The zero-order valence-corrected chi connectivity index (χ0v) is 19.9. The lowest BCUT2D eigenvalue weighted by molar-refractivity contribution is -0.131. The van der Waals surface area contributed by atoms with E-state index in [1.165, 1.54) is 4.90 Å². The van der Waals surface area contributed by atoms with E-state index in [1.807, 2.05) is 55.5 Å². The van der Waals surface area contributed by atoms with Gasteiger partial charge in [-0.2, -0.15) is 5.26 Å². The summed E-state index contributed by atoms with van der Waals surface area (Å²) < 4.78 is 5.23. The molecule has 0 saturated heterocycles. The smallest absolute Gasteiger partial charge is 0.449 e. The molecule has 180 valence electrons. The van der Waals surface area contributed by atoms with Crippen LogP contribution in [0.3, 0.4) is 0 Å². The number of alkyl carbamates (subject to hydrolysis) is 1. The SMILES string of the molecule is Cc1ccc(C[C@H](NC(=O)OCCc2cccc(CCC(C#N)C(=O)N(C)C)c2)B(O)O)cc1. The molecule has 0 fully saturated rings. The van der Waals surface area contributed by atoms with Gasteiger partial charge in [0.1, 0.15) is 5.92 Å². The van der Waals surface area contributed by atoms with Gasteiger partial charge in [0.15, 0.2) is 0 Å². The number of nitrogens with one attached hydrogen (secondary N) is 1. The van der Waals surface area contributed by atoms with E-state index in [1.54, 1.807) is 14.1 Å². The van der Waals surface area contributed by atoms with Gasteiger partial charge in [0.05, 0.1) is 18.6 Å². The second-order valence-electron chi connectivity index (χ2n) is 8.51. The van der Waals surface area contributed by atoms with Gasteiger partial charge in [0.25, 0.3) is 0 Å². The van der Waals surface area contributed by atoms with E-state index in [0.29, 0.717) is 19.3 Å². The van der Waals surface area contributed by atoms with Crippen molar-refractivity contribution < 1.29 is 24.4 Å². The van der Waals surface area contributed by atoms with Crippen LogP contribution in [0, 0.1) is 24.2 Å². The number of hydrogen-bond donors (Lipinski definition) is 3. The van der Waals surface area contributed by atoms with Crippen molar-refractivity contribution in [2.24, 2.45) is 5.92 Å². The van der Waals surface area contributed by atoms with E-state index >= 15 is 0 Å². The first-order chi connectivity index (χ1) is 16.2. The van der Waals surface area contributed by atoms with E-state index < -0.39 is 25.1 Å². The zero-order valence-electron chi connectivity index (χ0n) is 19.9. The number of carbonyl (C=O) groups excluding carboxylic acids is 2. The number of amides is 2. The molecule has 9 heteroatoms. The summed E-state index contributed by atoms with van der Waals surface area (Å²) in [6.07, 6.45) is 1.03. The fraction of sp³-hybridized carbons (Fsp3) is 0.400. The average Bonchev–Trinajstić information content (AvgIpc) is 2.80. The van der Waals surface area contributed by atoms with Crippen LogP contribution in [0.25, 0.3) is 0 Å². The summed E-state index contributed by atoms with van der Waals surface area (Å²) in [5.41, 5.74) is 3.91. The Kier molecular flexibility index (Phi) is 10.6. The van der Waals surface area contributed by atoms with Gasteiger partial charge in [-0.05, 0) is 42.9 Å². The fourth-order valence-electron chi connectivity index (χ4n) is 3.47. The average molecular weight is 465 g/mol. The maximum atomic E-state index is 12.2. The Hall–Kier alpha value is -3.35. The summed E-state index contributed by atoms with van der Waals surface area (Å²) in [4.78, 5) is 25.6. The molecule has 34 heavy (non-hydrogen) atoms. The van der Waals surface area contributed by atoms with Gasteiger partial charge in [-0.15, -0.1) is 0 Å². The topological polar surface area (TPSA) is 123 Å². The van der Waals surface area contributed by atoms with Crippen LogP contribution in [0.2, 0.25) is 0 Å². The van der Waals surface area contributed by atoms with E-state index in [4.69, 9.17) is 4.74 Å². The molecule has 2 aromatic carbocycles. The van der Waals surface area contributed by atoms with Gasteiger partial charge in [0, 0.05) is 20.5 Å². The van der Waals surface area contributed by atoms with Gasteiger partial charge in [0.2, 0.25) is 5.91 Å². The fourth-order valence-corrected chi connectivity index (χ4v) is 3.47. The molecule has 0 aromatic heterocycles. The van der Waals surface area contributed by atoms with Crippen LogP contribution in [0.5, 0.6) is 0 Å². The van der Waals surface area contributed by atoms with Crippen LogP contribution in [0.1, 0.15) is 28.7 Å². The molecule has 8 nitrogen and oxygen atoms in total. The lowest BCUT2D eigenvalue weighted by Crippen LogP contribution is -2.48. The summed E-state index contributed by atoms with van der Waals surface area (Å²) >= 11 is 0. The molecule has 0 spiro atoms. The van der Waals surface area contributed by atoms with Crippen molar-refractivity contribution >= 4 is 19.1 Å². The van der Waals surface area contributed by atoms with Crippen LogP contribution < -0.4 is 5.32 Å². The van der Waals surface area contributed by atoms with Gasteiger partial charge in [-0.25, -0.2) is 4.79 Å². The van der Waals surface area contributed by atoms with E-state index in [2.05, 4.69) is 11.4 Å². The molecular formula is C25H32BN3O5. The van der Waals surface area contributed by atoms with Gasteiger partial charge in [-0.3, -0.25) is 4.79 Å². The highest BCUT2D eigenvalue weighted by molar-refractivity contribution is 6.43. The molecule has 0 bridgehead atoms.